The molecule has 0 atom stereocenters. The molecule has 2 aromatic rings. The van der Waals surface area contributed by atoms with Crippen LogP contribution >= 0.6 is 0 Å². The molecule has 1 aromatic carbocycles. The molecule has 1 aromatic heterocycles. The van der Waals surface area contributed by atoms with E-state index in [0.717, 1.165) is 12.1 Å². The van der Waals surface area contributed by atoms with Crippen LogP contribution in [0.5, 0.6) is 0 Å². The summed E-state index contributed by atoms with van der Waals surface area (Å²) in [7, 11) is 0. The first kappa shape index (κ1) is 13.6. The standard InChI is InChI=1S/C12H8F2N4O2/c1-2-20-12(19)11-10(16-18-17-11)7-4-3-6(5-15)8(13)9(7)14/h3-4H,2H2,1H3,(H,16,17,18). The van der Waals surface area contributed by atoms with Gasteiger partial charge in [-0.05, 0) is 19.1 Å². The van der Waals surface area contributed by atoms with Gasteiger partial charge in [-0.15, -0.1) is 5.10 Å². The van der Waals surface area contributed by atoms with Crippen LogP contribution < -0.4 is 0 Å². The predicted octanol–water partition coefficient (Wildman–Crippen LogP) is 1.80. The van der Waals surface area contributed by atoms with Gasteiger partial charge in [0.2, 0.25) is 0 Å². The number of hydrogen-bond donors (Lipinski definition) is 1. The van der Waals surface area contributed by atoms with Gasteiger partial charge < -0.3 is 4.74 Å². The third-order valence-electron chi connectivity index (χ3n) is 2.47. The maximum absolute atomic E-state index is 13.9. The summed E-state index contributed by atoms with van der Waals surface area (Å²) in [4.78, 5) is 11.6. The van der Waals surface area contributed by atoms with E-state index in [4.69, 9.17) is 10.00 Å². The molecule has 0 aliphatic rings. The average molecular weight is 278 g/mol. The molecule has 0 aliphatic carbocycles. The first-order valence-corrected chi connectivity index (χ1v) is 5.56. The number of nitrogens with one attached hydrogen (secondary N) is 1. The SMILES string of the molecule is CCOC(=O)c1n[nH]nc1-c1ccc(C#N)c(F)c1F. The van der Waals surface area contributed by atoms with Crippen LogP contribution in [-0.4, -0.2) is 28.0 Å². The zero-order chi connectivity index (χ0) is 14.7. The van der Waals surface area contributed by atoms with Crippen LogP contribution in [0.4, 0.5) is 8.78 Å². The van der Waals surface area contributed by atoms with Gasteiger partial charge in [0.25, 0.3) is 0 Å². The Kier molecular flexibility index (Phi) is 3.70. The van der Waals surface area contributed by atoms with E-state index in [1.165, 1.54) is 6.07 Å². The van der Waals surface area contributed by atoms with E-state index >= 15 is 0 Å². The minimum absolute atomic E-state index is 0.106. The number of rotatable bonds is 3. The van der Waals surface area contributed by atoms with Crippen molar-refractivity contribution in [2.24, 2.45) is 0 Å². The van der Waals surface area contributed by atoms with Gasteiger partial charge in [0.15, 0.2) is 17.3 Å². The fourth-order valence-electron chi connectivity index (χ4n) is 1.58. The van der Waals surface area contributed by atoms with E-state index in [-0.39, 0.29) is 23.6 Å². The zero-order valence-corrected chi connectivity index (χ0v) is 10.3. The van der Waals surface area contributed by atoms with Crippen molar-refractivity contribution in [1.29, 1.82) is 5.26 Å². The van der Waals surface area contributed by atoms with Gasteiger partial charge in [-0.1, -0.05) is 0 Å². The third-order valence-corrected chi connectivity index (χ3v) is 2.47. The molecule has 0 saturated carbocycles. The largest absolute Gasteiger partial charge is 0.461 e. The number of benzene rings is 1. The highest BCUT2D eigenvalue weighted by Gasteiger charge is 2.24. The van der Waals surface area contributed by atoms with Crippen molar-refractivity contribution >= 4 is 5.97 Å². The molecule has 0 spiro atoms. The van der Waals surface area contributed by atoms with Crippen molar-refractivity contribution in [3.63, 3.8) is 0 Å². The van der Waals surface area contributed by atoms with E-state index < -0.39 is 23.2 Å². The number of aromatic amines is 1. The number of nitrogens with zero attached hydrogens (tertiary/aromatic N) is 3. The Morgan fingerprint density at radius 1 is 1.40 bits per heavy atom. The Morgan fingerprint density at radius 3 is 2.80 bits per heavy atom. The van der Waals surface area contributed by atoms with Crippen LogP contribution in [0.2, 0.25) is 0 Å². The number of halogens is 2. The van der Waals surface area contributed by atoms with Gasteiger partial charge in [0.1, 0.15) is 11.8 Å². The molecule has 0 amide bonds. The van der Waals surface area contributed by atoms with Gasteiger partial charge in [-0.3, -0.25) is 0 Å². The van der Waals surface area contributed by atoms with Crippen molar-refractivity contribution in [3.05, 3.63) is 35.0 Å². The molecular formula is C12H8F2N4O2. The fraction of sp³-hybridized carbons (Fsp3) is 0.167. The van der Waals surface area contributed by atoms with Gasteiger partial charge in [0.05, 0.1) is 12.2 Å². The van der Waals surface area contributed by atoms with Crippen molar-refractivity contribution in [2.45, 2.75) is 6.92 Å². The summed E-state index contributed by atoms with van der Waals surface area (Å²) in [5.74, 6) is -3.38. The van der Waals surface area contributed by atoms with Gasteiger partial charge in [0, 0.05) is 5.56 Å². The molecular weight excluding hydrogens is 270 g/mol. The average Bonchev–Trinajstić information content (AvgIpc) is 2.91. The molecule has 1 heterocycles. The molecule has 20 heavy (non-hydrogen) atoms. The number of nitriles is 1. The summed E-state index contributed by atoms with van der Waals surface area (Å²) >= 11 is 0. The molecule has 0 aliphatic heterocycles. The molecule has 0 fully saturated rings. The maximum Gasteiger partial charge on any atom is 0.361 e. The van der Waals surface area contributed by atoms with E-state index in [0.29, 0.717) is 0 Å². The van der Waals surface area contributed by atoms with Gasteiger partial charge in [-0.25, -0.2) is 13.6 Å². The van der Waals surface area contributed by atoms with Crippen molar-refractivity contribution in [2.75, 3.05) is 6.61 Å². The lowest BCUT2D eigenvalue weighted by atomic mass is 10.1. The molecule has 2 rings (SSSR count). The highest BCUT2D eigenvalue weighted by molar-refractivity contribution is 5.94. The van der Waals surface area contributed by atoms with E-state index in [1.54, 1.807) is 6.92 Å². The van der Waals surface area contributed by atoms with Gasteiger partial charge >= 0.3 is 5.97 Å². The van der Waals surface area contributed by atoms with E-state index in [9.17, 15) is 13.6 Å². The van der Waals surface area contributed by atoms with E-state index in [2.05, 4.69) is 15.4 Å². The number of aromatic nitrogens is 3. The van der Waals surface area contributed by atoms with Crippen LogP contribution in [0, 0.1) is 23.0 Å². The van der Waals surface area contributed by atoms with Gasteiger partial charge in [-0.2, -0.15) is 15.6 Å². The highest BCUT2D eigenvalue weighted by Crippen LogP contribution is 2.26. The Labute approximate surface area is 112 Å². The fourth-order valence-corrected chi connectivity index (χ4v) is 1.58. The number of H-pyrrole nitrogens is 1. The first-order valence-electron chi connectivity index (χ1n) is 5.56. The minimum Gasteiger partial charge on any atom is -0.461 e. The van der Waals surface area contributed by atoms with Crippen molar-refractivity contribution in [1.82, 2.24) is 15.4 Å². The summed E-state index contributed by atoms with van der Waals surface area (Å²) in [5.41, 5.74) is -1.15. The maximum atomic E-state index is 13.9. The Balaban J connectivity index is 2.54. The smallest absolute Gasteiger partial charge is 0.361 e. The summed E-state index contributed by atoms with van der Waals surface area (Å²) in [5, 5.41) is 17.9. The molecule has 8 heteroatoms. The zero-order valence-electron chi connectivity index (χ0n) is 10.3. The monoisotopic (exact) mass is 278 g/mol. The normalized spacial score (nSPS) is 10.1. The highest BCUT2D eigenvalue weighted by atomic mass is 19.2. The molecule has 1 N–H and O–H groups in total. The van der Waals surface area contributed by atoms with Crippen LogP contribution in [0.25, 0.3) is 11.3 Å². The molecule has 0 saturated heterocycles. The summed E-state index contributed by atoms with van der Waals surface area (Å²) in [6, 6.07) is 3.76. The number of carbonyl (C=O) groups is 1. The van der Waals surface area contributed by atoms with Crippen LogP contribution in [0.1, 0.15) is 23.0 Å². The predicted molar refractivity (Wildman–Crippen MR) is 62.4 cm³/mol. The Bertz CT molecular complexity index is 706. The van der Waals surface area contributed by atoms with Crippen molar-refractivity contribution in [3.8, 4) is 17.3 Å². The van der Waals surface area contributed by atoms with Crippen molar-refractivity contribution < 1.29 is 18.3 Å². The molecule has 102 valence electrons. The molecule has 0 radical (unpaired) electrons. The molecule has 0 unspecified atom stereocenters. The Morgan fingerprint density at radius 2 is 2.15 bits per heavy atom. The summed E-state index contributed by atoms with van der Waals surface area (Å²) < 4.78 is 32.2. The summed E-state index contributed by atoms with van der Waals surface area (Å²) in [6.07, 6.45) is 0. The minimum atomic E-state index is -1.30. The molecule has 6 nitrogen and oxygen atoms in total. The second-order valence-corrected chi connectivity index (χ2v) is 3.64. The quantitative estimate of drug-likeness (QED) is 0.864. The first-order chi connectivity index (χ1) is 9.60. The number of carbonyl (C=O) groups excluding carboxylic acids is 1. The topological polar surface area (TPSA) is 91.7 Å². The van der Waals surface area contributed by atoms with Crippen LogP contribution in [-0.2, 0) is 4.74 Å². The Hall–Kier alpha value is -2.82. The number of hydrogen-bond acceptors (Lipinski definition) is 5. The lowest BCUT2D eigenvalue weighted by Crippen LogP contribution is -2.07. The number of ether oxygens (including phenoxy) is 1. The van der Waals surface area contributed by atoms with Crippen LogP contribution in [0.15, 0.2) is 12.1 Å². The van der Waals surface area contributed by atoms with E-state index in [1.807, 2.05) is 0 Å². The van der Waals surface area contributed by atoms with Crippen LogP contribution in [0.3, 0.4) is 0 Å². The lowest BCUT2D eigenvalue weighted by Gasteiger charge is -2.04. The third kappa shape index (κ3) is 2.21. The second kappa shape index (κ2) is 5.44. The number of esters is 1. The molecule has 0 bridgehead atoms. The lowest BCUT2D eigenvalue weighted by molar-refractivity contribution is 0.0520. The second-order valence-electron chi connectivity index (χ2n) is 3.64. The summed E-state index contributed by atoms with van der Waals surface area (Å²) in [6.45, 7) is 1.70.